The fourth-order valence-corrected chi connectivity index (χ4v) is 3.64. The first-order valence-electron chi connectivity index (χ1n) is 5.32. The predicted octanol–water partition coefficient (Wildman–Crippen LogP) is 4.03. The first-order valence-corrected chi connectivity index (χ1v) is 7.94. The number of nitrogen functional groups attached to an aromatic ring is 1. The minimum Gasteiger partial charge on any atom is -0.397 e. The summed E-state index contributed by atoms with van der Waals surface area (Å²) >= 11 is 17.5. The molecule has 2 aromatic carbocycles. The summed E-state index contributed by atoms with van der Waals surface area (Å²) in [6, 6.07) is 8.68. The Morgan fingerprint density at radius 3 is 2.15 bits per heavy atom. The third kappa shape index (κ3) is 3.30. The second kappa shape index (κ2) is 5.69. The summed E-state index contributed by atoms with van der Waals surface area (Å²) in [7, 11) is -3.89. The number of para-hydroxylation sites is 1. The van der Waals surface area contributed by atoms with Gasteiger partial charge in [-0.25, -0.2) is 8.42 Å². The number of sulfonamides is 1. The van der Waals surface area contributed by atoms with Crippen molar-refractivity contribution >= 4 is 56.2 Å². The third-order valence-electron chi connectivity index (χ3n) is 2.43. The zero-order valence-electron chi connectivity index (χ0n) is 9.90. The van der Waals surface area contributed by atoms with Crippen molar-refractivity contribution in [3.05, 3.63) is 51.5 Å². The highest BCUT2D eigenvalue weighted by atomic mass is 35.5. The van der Waals surface area contributed by atoms with E-state index in [4.69, 9.17) is 40.5 Å². The van der Waals surface area contributed by atoms with Crippen molar-refractivity contribution in [1.82, 2.24) is 0 Å². The average molecular weight is 352 g/mol. The first kappa shape index (κ1) is 15.3. The molecule has 0 aliphatic rings. The summed E-state index contributed by atoms with van der Waals surface area (Å²) in [5.41, 5.74) is 6.04. The molecule has 3 N–H and O–H groups in total. The molecule has 4 nitrogen and oxygen atoms in total. The second-order valence-corrected chi connectivity index (χ2v) is 6.88. The molecule has 0 heterocycles. The molecule has 0 bridgehead atoms. The molecule has 0 aliphatic carbocycles. The molecule has 106 valence electrons. The average Bonchev–Trinajstić information content (AvgIpc) is 2.33. The van der Waals surface area contributed by atoms with Crippen LogP contribution in [0.3, 0.4) is 0 Å². The lowest BCUT2D eigenvalue weighted by molar-refractivity contribution is 0.601. The highest BCUT2D eigenvalue weighted by Crippen LogP contribution is 2.31. The summed E-state index contributed by atoms with van der Waals surface area (Å²) in [6.07, 6.45) is 0. The smallest absolute Gasteiger partial charge is 0.262 e. The lowest BCUT2D eigenvalue weighted by atomic mass is 10.3. The summed E-state index contributed by atoms with van der Waals surface area (Å²) in [5, 5.41) is 0.622. The molecule has 0 saturated carbocycles. The van der Waals surface area contributed by atoms with E-state index in [2.05, 4.69) is 4.72 Å². The summed E-state index contributed by atoms with van der Waals surface area (Å²) in [5.74, 6) is 0. The van der Waals surface area contributed by atoms with Crippen molar-refractivity contribution in [2.24, 2.45) is 0 Å². The fraction of sp³-hybridized carbons (Fsp3) is 0. The maximum absolute atomic E-state index is 12.3. The van der Waals surface area contributed by atoms with Gasteiger partial charge in [-0.2, -0.15) is 0 Å². The van der Waals surface area contributed by atoms with Gasteiger partial charge >= 0.3 is 0 Å². The maximum atomic E-state index is 12.3. The largest absolute Gasteiger partial charge is 0.397 e. The number of hydrogen-bond donors (Lipinski definition) is 2. The Labute approximate surface area is 131 Å². The van der Waals surface area contributed by atoms with E-state index in [0.29, 0.717) is 0 Å². The molecule has 0 amide bonds. The summed E-state index contributed by atoms with van der Waals surface area (Å²) in [4.78, 5) is -0.0747. The van der Waals surface area contributed by atoms with Crippen molar-refractivity contribution in [2.45, 2.75) is 4.90 Å². The van der Waals surface area contributed by atoms with Crippen LogP contribution in [0.1, 0.15) is 0 Å². The normalized spacial score (nSPS) is 11.3. The van der Waals surface area contributed by atoms with Crippen molar-refractivity contribution in [1.29, 1.82) is 0 Å². The molecular weight excluding hydrogens is 343 g/mol. The van der Waals surface area contributed by atoms with E-state index in [0.717, 1.165) is 0 Å². The molecule has 2 aromatic rings. The Balaban J connectivity index is 2.46. The van der Waals surface area contributed by atoms with Crippen molar-refractivity contribution in [2.75, 3.05) is 10.5 Å². The standard InChI is InChI=1S/C12H9Cl3N2O2S/c13-7-4-8(14)6-9(5-7)20(18,19)17-12-10(15)2-1-3-11(12)16/h1-6,17H,16H2. The molecule has 0 spiro atoms. The van der Waals surface area contributed by atoms with Crippen LogP contribution in [0.5, 0.6) is 0 Å². The van der Waals surface area contributed by atoms with Crippen LogP contribution in [0.15, 0.2) is 41.3 Å². The topological polar surface area (TPSA) is 72.2 Å². The molecular formula is C12H9Cl3N2O2S. The first-order chi connectivity index (χ1) is 9.29. The van der Waals surface area contributed by atoms with Crippen molar-refractivity contribution in [3.63, 3.8) is 0 Å². The van der Waals surface area contributed by atoms with Gasteiger partial charge in [0.2, 0.25) is 0 Å². The minimum atomic E-state index is -3.89. The Morgan fingerprint density at radius 1 is 1.00 bits per heavy atom. The predicted molar refractivity (Wildman–Crippen MR) is 83.1 cm³/mol. The van der Waals surface area contributed by atoms with Gasteiger partial charge in [-0.1, -0.05) is 40.9 Å². The SMILES string of the molecule is Nc1cccc(Cl)c1NS(=O)(=O)c1cc(Cl)cc(Cl)c1. The minimum absolute atomic E-state index is 0.0747. The van der Waals surface area contributed by atoms with Gasteiger partial charge < -0.3 is 5.73 Å². The van der Waals surface area contributed by atoms with E-state index in [1.54, 1.807) is 6.07 Å². The van der Waals surface area contributed by atoms with E-state index in [-0.39, 0.29) is 31.3 Å². The maximum Gasteiger partial charge on any atom is 0.262 e. The van der Waals surface area contributed by atoms with Gasteiger partial charge in [-0.05, 0) is 30.3 Å². The lowest BCUT2D eigenvalue weighted by Gasteiger charge is -2.12. The van der Waals surface area contributed by atoms with Gasteiger partial charge in [0.1, 0.15) is 0 Å². The number of halogens is 3. The van der Waals surface area contributed by atoms with Crippen LogP contribution in [-0.4, -0.2) is 8.42 Å². The third-order valence-corrected chi connectivity index (χ3v) is 4.51. The van der Waals surface area contributed by atoms with Crippen LogP contribution in [0.2, 0.25) is 15.1 Å². The lowest BCUT2D eigenvalue weighted by Crippen LogP contribution is -2.14. The molecule has 0 fully saturated rings. The number of nitrogens with one attached hydrogen (secondary N) is 1. The molecule has 0 unspecified atom stereocenters. The number of nitrogens with two attached hydrogens (primary N) is 1. The quantitative estimate of drug-likeness (QED) is 0.820. The number of rotatable bonds is 3. The van der Waals surface area contributed by atoms with E-state index < -0.39 is 10.0 Å². The molecule has 0 saturated heterocycles. The Kier molecular flexibility index (Phi) is 4.34. The molecule has 0 atom stereocenters. The molecule has 20 heavy (non-hydrogen) atoms. The number of hydrogen-bond acceptors (Lipinski definition) is 3. The van der Waals surface area contributed by atoms with Crippen molar-refractivity contribution in [3.8, 4) is 0 Å². The van der Waals surface area contributed by atoms with Crippen LogP contribution < -0.4 is 10.5 Å². The van der Waals surface area contributed by atoms with Gasteiger partial charge in [-0.15, -0.1) is 0 Å². The van der Waals surface area contributed by atoms with Gasteiger partial charge in [0.05, 0.1) is 21.3 Å². The number of anilines is 2. The Morgan fingerprint density at radius 2 is 1.60 bits per heavy atom. The van der Waals surface area contributed by atoms with Gasteiger partial charge in [0.25, 0.3) is 10.0 Å². The number of benzene rings is 2. The zero-order valence-corrected chi connectivity index (χ0v) is 13.0. The van der Waals surface area contributed by atoms with E-state index >= 15 is 0 Å². The van der Waals surface area contributed by atoms with E-state index in [1.807, 2.05) is 0 Å². The molecule has 0 aliphatic heterocycles. The van der Waals surface area contributed by atoms with Crippen LogP contribution in [0.25, 0.3) is 0 Å². The fourth-order valence-electron chi connectivity index (χ4n) is 1.53. The van der Waals surface area contributed by atoms with Crippen LogP contribution >= 0.6 is 34.8 Å². The zero-order chi connectivity index (χ0) is 14.9. The highest BCUT2D eigenvalue weighted by Gasteiger charge is 2.18. The Bertz CT molecular complexity index is 723. The molecule has 2 rings (SSSR count). The van der Waals surface area contributed by atoms with Crippen LogP contribution in [-0.2, 0) is 10.0 Å². The summed E-state index contributed by atoms with van der Waals surface area (Å²) in [6.45, 7) is 0. The Hall–Kier alpha value is -1.14. The van der Waals surface area contributed by atoms with Crippen LogP contribution in [0.4, 0.5) is 11.4 Å². The molecule has 0 aromatic heterocycles. The van der Waals surface area contributed by atoms with E-state index in [1.165, 1.54) is 30.3 Å². The highest BCUT2D eigenvalue weighted by molar-refractivity contribution is 7.92. The van der Waals surface area contributed by atoms with Gasteiger partial charge in [0, 0.05) is 10.0 Å². The van der Waals surface area contributed by atoms with E-state index in [9.17, 15) is 8.42 Å². The molecule has 0 radical (unpaired) electrons. The van der Waals surface area contributed by atoms with Gasteiger partial charge in [-0.3, -0.25) is 4.72 Å². The van der Waals surface area contributed by atoms with Crippen LogP contribution in [0, 0.1) is 0 Å². The molecule has 8 heteroatoms. The summed E-state index contributed by atoms with van der Waals surface area (Å²) < 4.78 is 26.9. The van der Waals surface area contributed by atoms with Gasteiger partial charge in [0.15, 0.2) is 0 Å². The second-order valence-electron chi connectivity index (χ2n) is 3.91. The monoisotopic (exact) mass is 350 g/mol. The van der Waals surface area contributed by atoms with Crippen molar-refractivity contribution < 1.29 is 8.42 Å².